The van der Waals surface area contributed by atoms with Gasteiger partial charge < -0.3 is 24.8 Å². The number of H-pyrrole nitrogens is 1. The van der Waals surface area contributed by atoms with Crippen LogP contribution in [0.4, 0.5) is 0 Å². The largest absolute Gasteiger partial charge is 0.493 e. The van der Waals surface area contributed by atoms with Gasteiger partial charge in [0.2, 0.25) is 5.91 Å². The van der Waals surface area contributed by atoms with Crippen LogP contribution in [0.25, 0.3) is 11.0 Å². The molecule has 2 rings (SSSR count). The van der Waals surface area contributed by atoms with E-state index in [4.69, 9.17) is 27.4 Å². The molecule has 0 bridgehead atoms. The van der Waals surface area contributed by atoms with Gasteiger partial charge in [-0.25, -0.2) is 0 Å². The van der Waals surface area contributed by atoms with Crippen LogP contribution < -0.4 is 15.2 Å². The third kappa shape index (κ3) is 2.03. The molecule has 3 N–H and O–H groups in total. The lowest BCUT2D eigenvalue weighted by Crippen LogP contribution is -2.41. The van der Waals surface area contributed by atoms with E-state index in [2.05, 4.69) is 4.98 Å². The molecule has 0 fully saturated rings. The summed E-state index contributed by atoms with van der Waals surface area (Å²) in [6.07, 6.45) is 0. The number of imidazole rings is 1. The summed E-state index contributed by atoms with van der Waals surface area (Å²) < 4.78 is 12.6. The molecule has 0 atom stereocenters. The summed E-state index contributed by atoms with van der Waals surface area (Å²) in [5.41, 5.74) is 6.01. The predicted octanol–water partition coefficient (Wildman–Crippen LogP) is 1.94. The predicted molar refractivity (Wildman–Crippen MR) is 78.7 cm³/mol. The zero-order valence-corrected chi connectivity index (χ0v) is 12.6. The van der Waals surface area contributed by atoms with Gasteiger partial charge in [0.15, 0.2) is 16.3 Å². The summed E-state index contributed by atoms with van der Waals surface area (Å²) in [4.78, 5) is 14.7. The number of primary amides is 1. The molecular weight excluding hydrogens is 278 g/mol. The lowest BCUT2D eigenvalue weighted by atomic mass is 10.0. The monoisotopic (exact) mass is 295 g/mol. The van der Waals surface area contributed by atoms with E-state index in [9.17, 15) is 4.79 Å². The van der Waals surface area contributed by atoms with Crippen LogP contribution in [0, 0.1) is 4.77 Å². The maximum absolute atomic E-state index is 11.7. The van der Waals surface area contributed by atoms with E-state index in [1.807, 2.05) is 0 Å². The second kappa shape index (κ2) is 4.82. The zero-order chi connectivity index (χ0) is 15.1. The molecule has 108 valence electrons. The highest BCUT2D eigenvalue weighted by molar-refractivity contribution is 7.71. The summed E-state index contributed by atoms with van der Waals surface area (Å²) in [7, 11) is 3.11. The van der Waals surface area contributed by atoms with Crippen LogP contribution in [0.5, 0.6) is 11.5 Å². The molecule has 1 amide bonds. The summed E-state index contributed by atoms with van der Waals surface area (Å²) in [5, 5.41) is 0. The third-order valence-electron chi connectivity index (χ3n) is 3.35. The van der Waals surface area contributed by atoms with Crippen molar-refractivity contribution in [3.05, 3.63) is 16.9 Å². The number of carbonyl (C=O) groups excluding carboxylic acids is 1. The minimum Gasteiger partial charge on any atom is -0.493 e. The van der Waals surface area contributed by atoms with Crippen LogP contribution >= 0.6 is 12.2 Å². The Kier molecular flexibility index (Phi) is 3.47. The van der Waals surface area contributed by atoms with Crippen molar-refractivity contribution in [2.75, 3.05) is 14.2 Å². The number of ether oxygens (including phenoxy) is 2. The van der Waals surface area contributed by atoms with Crippen LogP contribution in [0.15, 0.2) is 12.1 Å². The first-order chi connectivity index (χ1) is 9.32. The highest BCUT2D eigenvalue weighted by atomic mass is 32.1. The van der Waals surface area contributed by atoms with Gasteiger partial charge in [0.25, 0.3) is 0 Å². The molecule has 1 aromatic heterocycles. The molecule has 1 aromatic carbocycles. The fourth-order valence-corrected chi connectivity index (χ4v) is 2.54. The minimum atomic E-state index is -0.949. The van der Waals surface area contributed by atoms with E-state index in [-0.39, 0.29) is 0 Å². The first kappa shape index (κ1) is 14.4. The fraction of sp³-hybridized carbons (Fsp3) is 0.385. The first-order valence-electron chi connectivity index (χ1n) is 6.00. The Hall–Kier alpha value is -2.02. The number of nitrogens with two attached hydrogens (primary N) is 1. The van der Waals surface area contributed by atoms with Crippen molar-refractivity contribution in [3.63, 3.8) is 0 Å². The van der Waals surface area contributed by atoms with Crippen LogP contribution in [0.2, 0.25) is 0 Å². The van der Waals surface area contributed by atoms with Crippen molar-refractivity contribution >= 4 is 29.2 Å². The molecule has 0 aliphatic heterocycles. The number of amides is 1. The van der Waals surface area contributed by atoms with Gasteiger partial charge in [0.1, 0.15) is 5.54 Å². The van der Waals surface area contributed by atoms with Gasteiger partial charge in [0, 0.05) is 12.1 Å². The highest BCUT2D eigenvalue weighted by Crippen LogP contribution is 2.34. The van der Waals surface area contributed by atoms with Crippen molar-refractivity contribution < 1.29 is 14.3 Å². The number of hydrogen-bond donors (Lipinski definition) is 2. The molecule has 2 aromatic rings. The molecule has 0 aliphatic rings. The number of nitrogens with one attached hydrogen (secondary N) is 1. The molecule has 0 saturated carbocycles. The molecule has 0 saturated heterocycles. The molecule has 1 heterocycles. The SMILES string of the molecule is COc1cc2[nH]c(=S)n(C(C)(C)C(N)=O)c2cc1OC. The van der Waals surface area contributed by atoms with Crippen LogP contribution in [0.3, 0.4) is 0 Å². The summed E-state index contributed by atoms with van der Waals surface area (Å²) in [6.45, 7) is 3.43. The molecular formula is C13H17N3O3S. The van der Waals surface area contributed by atoms with E-state index in [1.165, 1.54) is 0 Å². The van der Waals surface area contributed by atoms with E-state index in [1.54, 1.807) is 44.8 Å². The van der Waals surface area contributed by atoms with Crippen molar-refractivity contribution in [2.24, 2.45) is 5.73 Å². The molecule has 6 nitrogen and oxygen atoms in total. The van der Waals surface area contributed by atoms with Gasteiger partial charge in [-0.2, -0.15) is 0 Å². The van der Waals surface area contributed by atoms with E-state index in [0.717, 1.165) is 11.0 Å². The first-order valence-corrected chi connectivity index (χ1v) is 6.41. The van der Waals surface area contributed by atoms with Crippen molar-refractivity contribution in [3.8, 4) is 11.5 Å². The Morgan fingerprint density at radius 1 is 1.30 bits per heavy atom. The molecule has 0 aliphatic carbocycles. The van der Waals surface area contributed by atoms with Crippen molar-refractivity contribution in [2.45, 2.75) is 19.4 Å². The van der Waals surface area contributed by atoms with Crippen LogP contribution in [0.1, 0.15) is 13.8 Å². The second-order valence-electron chi connectivity index (χ2n) is 4.91. The Balaban J connectivity index is 2.83. The Morgan fingerprint density at radius 3 is 2.35 bits per heavy atom. The normalized spacial score (nSPS) is 11.6. The molecule has 0 unspecified atom stereocenters. The molecule has 7 heteroatoms. The van der Waals surface area contributed by atoms with E-state index >= 15 is 0 Å². The Labute approximate surface area is 121 Å². The number of aromatic amines is 1. The van der Waals surface area contributed by atoms with Crippen LogP contribution in [-0.4, -0.2) is 29.7 Å². The fourth-order valence-electron chi connectivity index (χ4n) is 2.10. The van der Waals surface area contributed by atoms with Gasteiger partial charge in [-0.15, -0.1) is 0 Å². The summed E-state index contributed by atoms with van der Waals surface area (Å²) in [6, 6.07) is 3.54. The van der Waals surface area contributed by atoms with Crippen molar-refractivity contribution in [1.82, 2.24) is 9.55 Å². The third-order valence-corrected chi connectivity index (χ3v) is 3.63. The number of benzene rings is 1. The summed E-state index contributed by atoms with van der Waals surface area (Å²) >= 11 is 5.30. The number of aromatic nitrogens is 2. The number of rotatable bonds is 4. The number of carbonyl (C=O) groups is 1. The minimum absolute atomic E-state index is 0.416. The lowest BCUT2D eigenvalue weighted by Gasteiger charge is -2.23. The topological polar surface area (TPSA) is 82.3 Å². The highest BCUT2D eigenvalue weighted by Gasteiger charge is 2.30. The lowest BCUT2D eigenvalue weighted by molar-refractivity contribution is -0.124. The van der Waals surface area contributed by atoms with E-state index in [0.29, 0.717) is 16.3 Å². The second-order valence-corrected chi connectivity index (χ2v) is 5.30. The van der Waals surface area contributed by atoms with Gasteiger partial charge in [0.05, 0.1) is 25.3 Å². The average Bonchev–Trinajstić information content (AvgIpc) is 2.71. The smallest absolute Gasteiger partial charge is 0.243 e. The zero-order valence-electron chi connectivity index (χ0n) is 11.8. The number of nitrogens with zero attached hydrogens (tertiary/aromatic N) is 1. The van der Waals surface area contributed by atoms with E-state index < -0.39 is 11.4 Å². The van der Waals surface area contributed by atoms with Gasteiger partial charge in [-0.1, -0.05) is 0 Å². The van der Waals surface area contributed by atoms with Crippen LogP contribution in [-0.2, 0) is 10.3 Å². The maximum Gasteiger partial charge on any atom is 0.243 e. The Morgan fingerprint density at radius 2 is 1.85 bits per heavy atom. The number of fused-ring (bicyclic) bond motifs is 1. The molecule has 0 radical (unpaired) electrons. The molecule has 0 spiro atoms. The van der Waals surface area contributed by atoms with Gasteiger partial charge in [-0.3, -0.25) is 4.79 Å². The van der Waals surface area contributed by atoms with Gasteiger partial charge >= 0.3 is 0 Å². The number of hydrogen-bond acceptors (Lipinski definition) is 4. The van der Waals surface area contributed by atoms with Gasteiger partial charge in [-0.05, 0) is 26.1 Å². The maximum atomic E-state index is 11.7. The standard InChI is InChI=1S/C13H17N3O3S/c1-13(2,11(14)17)16-8-6-10(19-4)9(18-3)5-7(8)15-12(16)20/h5-6H,1-4H3,(H2,14,17)(H,15,20). The molecule has 20 heavy (non-hydrogen) atoms. The summed E-state index contributed by atoms with van der Waals surface area (Å²) in [5.74, 6) is 0.674. The Bertz CT molecular complexity index is 730. The van der Waals surface area contributed by atoms with Crippen molar-refractivity contribution in [1.29, 1.82) is 0 Å². The quantitative estimate of drug-likeness (QED) is 0.844. The number of methoxy groups -OCH3 is 2. The average molecular weight is 295 g/mol.